The molecule has 11 aromatic rings. The second-order valence-electron chi connectivity index (χ2n) is 15.8. The molecule has 0 bridgehead atoms. The smallest absolute Gasteiger partial charge is 0.149 e. The molecule has 1 aliphatic carbocycles. The largest absolute Gasteiger partial charge is 0.275 e. The normalized spacial score (nSPS) is 12.7. The number of rotatable bonds is 7. The van der Waals surface area contributed by atoms with E-state index in [-0.39, 0.29) is 0 Å². The van der Waals surface area contributed by atoms with E-state index >= 15 is 0 Å². The molecule has 6 heteroatoms. The summed E-state index contributed by atoms with van der Waals surface area (Å²) in [5.41, 5.74) is 16.4. The molecule has 0 radical (unpaired) electrons. The van der Waals surface area contributed by atoms with Gasteiger partial charge in [-0.15, -0.1) is 0 Å². The molecule has 0 atom stereocenters. The maximum Gasteiger partial charge on any atom is 0.149 e. The Labute approximate surface area is 358 Å². The van der Waals surface area contributed by atoms with Crippen LogP contribution in [0.3, 0.4) is 0 Å². The average molecular weight is 795 g/mol. The summed E-state index contributed by atoms with van der Waals surface area (Å²) in [5, 5.41) is 2.04. The van der Waals surface area contributed by atoms with Crippen LogP contribution in [0.5, 0.6) is 0 Å². The molecule has 0 saturated heterocycles. The molecule has 0 aliphatic heterocycles. The number of allylic oxidation sites excluding steroid dienone is 4. The van der Waals surface area contributed by atoms with Crippen LogP contribution in [0, 0.1) is 0 Å². The second kappa shape index (κ2) is 14.8. The lowest BCUT2D eigenvalue weighted by Gasteiger charge is -2.15. The van der Waals surface area contributed by atoms with Gasteiger partial charge in [-0.1, -0.05) is 182 Å². The van der Waals surface area contributed by atoms with E-state index in [1.807, 2.05) is 24.3 Å². The average Bonchev–Trinajstić information content (AvgIpc) is 3.96. The van der Waals surface area contributed by atoms with Crippen molar-refractivity contribution in [2.24, 2.45) is 0 Å². The predicted molar refractivity (Wildman–Crippen MR) is 254 cm³/mol. The Bertz CT molecular complexity index is 3530. The van der Waals surface area contributed by atoms with Gasteiger partial charge in [0, 0.05) is 38.6 Å². The van der Waals surface area contributed by atoms with E-state index in [1.165, 1.54) is 5.57 Å². The highest BCUT2D eigenvalue weighted by Gasteiger charge is 2.25. The topological polar surface area (TPSA) is 60.4 Å². The van der Waals surface area contributed by atoms with Crippen molar-refractivity contribution in [3.63, 3.8) is 0 Å². The molecule has 0 unspecified atom stereocenters. The minimum absolute atomic E-state index is 0.861. The fourth-order valence-electron chi connectivity index (χ4n) is 9.03. The van der Waals surface area contributed by atoms with E-state index < -0.39 is 0 Å². The Balaban J connectivity index is 0.979. The lowest BCUT2D eigenvalue weighted by Crippen LogP contribution is -2.03. The van der Waals surface area contributed by atoms with Gasteiger partial charge in [0.05, 0.1) is 33.8 Å². The number of imidazole rings is 2. The van der Waals surface area contributed by atoms with Crippen LogP contribution in [0.15, 0.2) is 206 Å². The summed E-state index contributed by atoms with van der Waals surface area (Å²) in [7, 11) is 0. The van der Waals surface area contributed by atoms with Gasteiger partial charge < -0.3 is 0 Å². The Hall–Kier alpha value is -8.22. The van der Waals surface area contributed by atoms with Crippen molar-refractivity contribution in [2.45, 2.75) is 12.8 Å². The first-order valence-electron chi connectivity index (χ1n) is 21.1. The highest BCUT2D eigenvalue weighted by Crippen LogP contribution is 2.41. The van der Waals surface area contributed by atoms with Crippen LogP contribution >= 0.6 is 0 Å². The van der Waals surface area contributed by atoms with Crippen molar-refractivity contribution in [1.29, 1.82) is 0 Å². The summed E-state index contributed by atoms with van der Waals surface area (Å²) in [6.07, 6.45) is 8.56. The summed E-state index contributed by atoms with van der Waals surface area (Å²) < 4.78 is 4.53. The monoisotopic (exact) mass is 794 g/mol. The summed E-state index contributed by atoms with van der Waals surface area (Å²) in [6, 6.07) is 65.7. The molecule has 12 rings (SSSR count). The zero-order valence-corrected chi connectivity index (χ0v) is 33.7. The lowest BCUT2D eigenvalue weighted by molar-refractivity contribution is 1.02. The van der Waals surface area contributed by atoms with Crippen molar-refractivity contribution in [2.75, 3.05) is 0 Å². The number of hydrogen-bond donors (Lipinski definition) is 0. The second-order valence-corrected chi connectivity index (χ2v) is 15.8. The zero-order chi connectivity index (χ0) is 41.0. The molecule has 4 aromatic heterocycles. The highest BCUT2D eigenvalue weighted by molar-refractivity contribution is 5.99. The van der Waals surface area contributed by atoms with Crippen LogP contribution in [-0.4, -0.2) is 28.7 Å². The van der Waals surface area contributed by atoms with Gasteiger partial charge in [-0.2, -0.15) is 0 Å². The Kier molecular flexibility index (Phi) is 8.52. The predicted octanol–water partition coefficient (Wildman–Crippen LogP) is 13.8. The molecule has 0 saturated carbocycles. The molecule has 6 nitrogen and oxygen atoms in total. The van der Waals surface area contributed by atoms with Crippen molar-refractivity contribution in [1.82, 2.24) is 28.7 Å². The van der Waals surface area contributed by atoms with E-state index in [4.69, 9.17) is 19.9 Å². The standard InChI is InChI=1S/C56H38N6/c1-5-17-41(18-6-1)51-49(59-55-45-25-13-15-27-47(45)57-53(61(51)55)43-21-9-3-10-22-43)39-33-29-37(30-34-39)38-31-35-40(36-32-38)50-52(42-19-7-2-8-20-42)62-54(44-23-11-4-12-24-44)58-48-28-16-14-26-46(48)56(62)60-50/h1-7,9-19,21-36H,8,20H2. The van der Waals surface area contributed by atoms with Crippen molar-refractivity contribution in [3.8, 4) is 67.7 Å². The quantitative estimate of drug-likeness (QED) is 0.161. The van der Waals surface area contributed by atoms with Gasteiger partial charge in [0.25, 0.3) is 0 Å². The van der Waals surface area contributed by atoms with Gasteiger partial charge in [-0.3, -0.25) is 8.80 Å². The van der Waals surface area contributed by atoms with Crippen LogP contribution in [0.1, 0.15) is 18.5 Å². The number of aromatic nitrogens is 6. The summed E-state index contributed by atoms with van der Waals surface area (Å²) in [5.74, 6) is 1.75. The van der Waals surface area contributed by atoms with Gasteiger partial charge in [0.1, 0.15) is 22.9 Å². The fraction of sp³-hybridized carbons (Fsp3) is 0.0357. The van der Waals surface area contributed by atoms with Crippen molar-refractivity contribution in [3.05, 3.63) is 212 Å². The number of hydrogen-bond acceptors (Lipinski definition) is 4. The first kappa shape index (κ1) is 35.7. The van der Waals surface area contributed by atoms with Gasteiger partial charge in [0.15, 0.2) is 0 Å². The van der Waals surface area contributed by atoms with Gasteiger partial charge in [-0.05, 0) is 53.8 Å². The Morgan fingerprint density at radius 2 is 0.774 bits per heavy atom. The molecular formula is C56H38N6. The summed E-state index contributed by atoms with van der Waals surface area (Å²) in [6.45, 7) is 0. The molecule has 0 amide bonds. The number of benzene rings is 7. The zero-order valence-electron chi connectivity index (χ0n) is 33.7. The molecular weight excluding hydrogens is 757 g/mol. The molecule has 0 fully saturated rings. The number of fused-ring (bicyclic) bond motifs is 6. The van der Waals surface area contributed by atoms with Crippen molar-refractivity contribution < 1.29 is 0 Å². The van der Waals surface area contributed by atoms with E-state index in [0.717, 1.165) is 119 Å². The maximum absolute atomic E-state index is 5.46. The summed E-state index contributed by atoms with van der Waals surface area (Å²) in [4.78, 5) is 21.4. The molecule has 62 heavy (non-hydrogen) atoms. The Morgan fingerprint density at radius 1 is 0.355 bits per heavy atom. The van der Waals surface area contributed by atoms with Gasteiger partial charge >= 0.3 is 0 Å². The van der Waals surface area contributed by atoms with Gasteiger partial charge in [0.2, 0.25) is 0 Å². The van der Waals surface area contributed by atoms with Crippen LogP contribution in [0.2, 0.25) is 0 Å². The molecule has 0 N–H and O–H groups in total. The SMILES string of the molecule is C1=CCCC(c2c(-c3ccc(-c4ccc(-c5nc6c7ccccc7nc(-c7ccccc7)n6c5-c5ccccc5)cc4)cc3)nc3c4ccccc4nc(-c4ccccc4)n23)=C1. The van der Waals surface area contributed by atoms with Crippen LogP contribution in [0.25, 0.3) is 106 Å². The maximum atomic E-state index is 5.46. The third kappa shape index (κ3) is 5.95. The number of para-hydroxylation sites is 2. The van der Waals surface area contributed by atoms with Crippen molar-refractivity contribution >= 4 is 38.7 Å². The first-order chi connectivity index (χ1) is 30.8. The van der Waals surface area contributed by atoms with Crippen LogP contribution in [-0.2, 0) is 0 Å². The van der Waals surface area contributed by atoms with E-state index in [1.54, 1.807) is 0 Å². The molecule has 4 heterocycles. The molecule has 292 valence electrons. The molecule has 0 spiro atoms. The van der Waals surface area contributed by atoms with E-state index in [0.29, 0.717) is 0 Å². The Morgan fingerprint density at radius 3 is 1.26 bits per heavy atom. The minimum Gasteiger partial charge on any atom is -0.275 e. The summed E-state index contributed by atoms with van der Waals surface area (Å²) >= 11 is 0. The third-order valence-corrected chi connectivity index (χ3v) is 12.0. The molecule has 7 aromatic carbocycles. The van der Waals surface area contributed by atoms with Gasteiger partial charge in [-0.25, -0.2) is 19.9 Å². The minimum atomic E-state index is 0.861. The third-order valence-electron chi connectivity index (χ3n) is 12.0. The van der Waals surface area contributed by atoms with Crippen LogP contribution < -0.4 is 0 Å². The number of nitrogens with zero attached hydrogens (tertiary/aromatic N) is 6. The fourth-order valence-corrected chi connectivity index (χ4v) is 9.03. The van der Waals surface area contributed by atoms with E-state index in [2.05, 4.69) is 191 Å². The lowest BCUT2D eigenvalue weighted by atomic mass is 9.96. The van der Waals surface area contributed by atoms with E-state index in [9.17, 15) is 0 Å². The molecule has 1 aliphatic rings. The first-order valence-corrected chi connectivity index (χ1v) is 21.1. The van der Waals surface area contributed by atoms with Crippen LogP contribution in [0.4, 0.5) is 0 Å². The highest BCUT2D eigenvalue weighted by atomic mass is 15.1.